The number of carbonyl (C=O) groups excluding carboxylic acids is 1. The average molecular weight is 410 g/mol. The summed E-state index contributed by atoms with van der Waals surface area (Å²) in [6.07, 6.45) is 0.418. The van der Waals surface area contributed by atoms with Gasteiger partial charge in [0.15, 0.2) is 9.84 Å². The van der Waals surface area contributed by atoms with Gasteiger partial charge in [0.05, 0.1) is 10.1 Å². The number of ether oxygens (including phenoxy) is 1. The minimum absolute atomic E-state index is 0.313. The summed E-state index contributed by atoms with van der Waals surface area (Å²) in [7, 11) is -3.46. The third kappa shape index (κ3) is 4.55. The van der Waals surface area contributed by atoms with Gasteiger partial charge in [-0.25, -0.2) is 13.2 Å². The molecule has 5 nitrogen and oxygen atoms in total. The minimum atomic E-state index is -3.46. The van der Waals surface area contributed by atoms with Crippen LogP contribution >= 0.6 is 11.6 Å². The molecule has 1 saturated heterocycles. The average Bonchev–Trinajstić information content (AvgIpc) is 2.60. The molecule has 3 rings (SSSR count). The number of fused-ring (bicyclic) bond motifs is 1. The van der Waals surface area contributed by atoms with Gasteiger partial charge in [-0.05, 0) is 68.7 Å². The van der Waals surface area contributed by atoms with Crippen molar-refractivity contribution in [1.29, 1.82) is 0 Å². The van der Waals surface area contributed by atoms with E-state index in [1.165, 1.54) is 0 Å². The third-order valence-electron chi connectivity index (χ3n) is 4.63. The molecule has 1 heterocycles. The maximum atomic E-state index is 13.0. The van der Waals surface area contributed by atoms with Crippen molar-refractivity contribution in [2.75, 3.05) is 13.1 Å². The van der Waals surface area contributed by atoms with Crippen molar-refractivity contribution in [3.05, 3.63) is 41.4 Å². The number of carbonyl (C=O) groups is 1. The van der Waals surface area contributed by atoms with Crippen molar-refractivity contribution in [2.24, 2.45) is 0 Å². The van der Waals surface area contributed by atoms with E-state index in [9.17, 15) is 13.2 Å². The molecule has 0 spiro atoms. The lowest BCUT2D eigenvalue weighted by molar-refractivity contribution is 0.0217. The van der Waals surface area contributed by atoms with Crippen molar-refractivity contribution >= 4 is 38.3 Å². The summed E-state index contributed by atoms with van der Waals surface area (Å²) >= 11 is 5.99. The number of amides is 1. The third-order valence-corrected chi connectivity index (χ3v) is 7.13. The van der Waals surface area contributed by atoms with Gasteiger partial charge < -0.3 is 9.64 Å². The van der Waals surface area contributed by atoms with Gasteiger partial charge in [-0.3, -0.25) is 0 Å². The van der Waals surface area contributed by atoms with E-state index in [2.05, 4.69) is 0 Å². The number of hydrogen-bond donors (Lipinski definition) is 0. The summed E-state index contributed by atoms with van der Waals surface area (Å²) in [5, 5.41) is 1.86. The number of benzene rings is 2. The Bertz CT molecular complexity index is 958. The molecular weight excluding hydrogens is 386 g/mol. The maximum Gasteiger partial charge on any atom is 0.410 e. The second kappa shape index (κ2) is 7.32. The zero-order chi connectivity index (χ0) is 19.8. The van der Waals surface area contributed by atoms with Gasteiger partial charge >= 0.3 is 6.09 Å². The van der Waals surface area contributed by atoms with Crippen LogP contribution in [0.4, 0.5) is 4.79 Å². The monoisotopic (exact) mass is 409 g/mol. The molecule has 1 amide bonds. The summed E-state index contributed by atoms with van der Waals surface area (Å²) in [4.78, 5) is 14.1. The second-order valence-corrected chi connectivity index (χ2v) is 10.5. The molecule has 0 atom stereocenters. The predicted octanol–water partition coefficient (Wildman–Crippen LogP) is 4.67. The van der Waals surface area contributed by atoms with Crippen LogP contribution in [0.3, 0.4) is 0 Å². The second-order valence-electron chi connectivity index (χ2n) is 7.87. The van der Waals surface area contributed by atoms with Crippen molar-refractivity contribution in [3.63, 3.8) is 0 Å². The predicted molar refractivity (Wildman–Crippen MR) is 107 cm³/mol. The SMILES string of the molecule is CC(C)(C)OC(=O)N1CCC(S(=O)(=O)c2ccc3cc(Cl)ccc3c2)CC1. The highest BCUT2D eigenvalue weighted by Crippen LogP contribution is 2.28. The Morgan fingerprint density at radius 1 is 1.07 bits per heavy atom. The minimum Gasteiger partial charge on any atom is -0.444 e. The fraction of sp³-hybridized carbons (Fsp3) is 0.450. The lowest BCUT2D eigenvalue weighted by Gasteiger charge is -2.33. The highest BCUT2D eigenvalue weighted by atomic mass is 35.5. The molecule has 0 radical (unpaired) electrons. The molecule has 0 aliphatic carbocycles. The molecule has 2 aromatic rings. The lowest BCUT2D eigenvalue weighted by atomic mass is 10.1. The van der Waals surface area contributed by atoms with Crippen molar-refractivity contribution < 1.29 is 17.9 Å². The molecule has 146 valence electrons. The van der Waals surface area contributed by atoms with E-state index in [0.717, 1.165) is 10.8 Å². The zero-order valence-corrected chi connectivity index (χ0v) is 17.3. The molecule has 0 unspecified atom stereocenters. The van der Waals surface area contributed by atoms with Gasteiger partial charge in [0.1, 0.15) is 5.60 Å². The van der Waals surface area contributed by atoms with Crippen LogP contribution in [0.25, 0.3) is 10.8 Å². The molecule has 0 N–H and O–H groups in total. The Hall–Kier alpha value is -1.79. The number of rotatable bonds is 2. The van der Waals surface area contributed by atoms with Crippen LogP contribution in [0, 0.1) is 0 Å². The summed E-state index contributed by atoms with van der Waals surface area (Å²) in [6, 6.07) is 10.5. The number of nitrogens with zero attached hydrogens (tertiary/aromatic N) is 1. The van der Waals surface area contributed by atoms with Crippen molar-refractivity contribution in [2.45, 2.75) is 49.4 Å². The van der Waals surface area contributed by atoms with Gasteiger partial charge in [0, 0.05) is 18.1 Å². The summed E-state index contributed by atoms with van der Waals surface area (Å²) in [6.45, 7) is 6.20. The van der Waals surface area contributed by atoms with Crippen LogP contribution < -0.4 is 0 Å². The molecule has 1 aliphatic rings. The number of likely N-dealkylation sites (tertiary alicyclic amines) is 1. The van der Waals surface area contributed by atoms with E-state index in [1.54, 1.807) is 29.2 Å². The van der Waals surface area contributed by atoms with Gasteiger partial charge in [-0.1, -0.05) is 23.7 Å². The molecule has 0 aromatic heterocycles. The van der Waals surface area contributed by atoms with Crippen LogP contribution in [0.1, 0.15) is 33.6 Å². The van der Waals surface area contributed by atoms with E-state index in [0.29, 0.717) is 35.8 Å². The molecule has 1 fully saturated rings. The summed E-state index contributed by atoms with van der Waals surface area (Å²) in [5.41, 5.74) is -0.562. The Labute approximate surface area is 165 Å². The van der Waals surface area contributed by atoms with Gasteiger partial charge in [0.2, 0.25) is 0 Å². The Morgan fingerprint density at radius 2 is 1.67 bits per heavy atom. The van der Waals surface area contributed by atoms with E-state index in [4.69, 9.17) is 16.3 Å². The molecule has 7 heteroatoms. The lowest BCUT2D eigenvalue weighted by Crippen LogP contribution is -2.44. The highest BCUT2D eigenvalue weighted by Gasteiger charge is 2.34. The first-order valence-corrected chi connectivity index (χ1v) is 10.9. The fourth-order valence-corrected chi connectivity index (χ4v) is 5.19. The van der Waals surface area contributed by atoms with Gasteiger partial charge in [-0.15, -0.1) is 0 Å². The Kier molecular flexibility index (Phi) is 5.41. The van der Waals surface area contributed by atoms with Crippen molar-refractivity contribution in [1.82, 2.24) is 4.90 Å². The Balaban J connectivity index is 1.73. The number of sulfone groups is 1. The maximum absolute atomic E-state index is 13.0. The number of hydrogen-bond acceptors (Lipinski definition) is 4. The van der Waals surface area contributed by atoms with Gasteiger partial charge in [-0.2, -0.15) is 0 Å². The number of halogens is 1. The summed E-state index contributed by atoms with van der Waals surface area (Å²) in [5.74, 6) is 0. The van der Waals surface area contributed by atoms with Crippen LogP contribution in [0.2, 0.25) is 5.02 Å². The first-order valence-electron chi connectivity index (χ1n) is 8.97. The van der Waals surface area contributed by atoms with Crippen molar-refractivity contribution in [3.8, 4) is 0 Å². The number of piperidine rings is 1. The molecular formula is C20H24ClNO4S. The van der Waals surface area contributed by atoms with E-state index < -0.39 is 20.7 Å². The van der Waals surface area contributed by atoms with Crippen LogP contribution in [-0.2, 0) is 14.6 Å². The largest absolute Gasteiger partial charge is 0.444 e. The molecule has 27 heavy (non-hydrogen) atoms. The summed E-state index contributed by atoms with van der Waals surface area (Å²) < 4.78 is 31.5. The standard InChI is InChI=1S/C20H24ClNO4S/c1-20(2,3)26-19(23)22-10-8-17(9-11-22)27(24,25)18-7-5-14-12-16(21)6-4-15(14)13-18/h4-7,12-13,17H,8-11H2,1-3H3. The Morgan fingerprint density at radius 3 is 2.30 bits per heavy atom. The normalized spacial score (nSPS) is 16.5. The van der Waals surface area contributed by atoms with E-state index in [-0.39, 0.29) is 6.09 Å². The van der Waals surface area contributed by atoms with Crippen LogP contribution in [0.5, 0.6) is 0 Å². The van der Waals surface area contributed by atoms with Crippen LogP contribution in [-0.4, -0.2) is 43.4 Å². The van der Waals surface area contributed by atoms with Gasteiger partial charge in [0.25, 0.3) is 0 Å². The fourth-order valence-electron chi connectivity index (χ4n) is 3.24. The molecule has 1 aliphatic heterocycles. The van der Waals surface area contributed by atoms with E-state index >= 15 is 0 Å². The van der Waals surface area contributed by atoms with Crippen LogP contribution in [0.15, 0.2) is 41.3 Å². The molecule has 0 saturated carbocycles. The first-order chi connectivity index (χ1) is 12.6. The first kappa shape index (κ1) is 20.0. The quantitative estimate of drug-likeness (QED) is 0.723. The van der Waals surface area contributed by atoms with E-state index in [1.807, 2.05) is 32.9 Å². The zero-order valence-electron chi connectivity index (χ0n) is 15.7. The topological polar surface area (TPSA) is 63.7 Å². The smallest absolute Gasteiger partial charge is 0.410 e. The highest BCUT2D eigenvalue weighted by molar-refractivity contribution is 7.92. The molecule has 2 aromatic carbocycles. The molecule has 0 bridgehead atoms.